The fraction of sp³-hybridized carbons (Fsp3) is 0.278. The molecule has 0 radical (unpaired) electrons. The lowest BCUT2D eigenvalue weighted by Crippen LogP contribution is -2.60. The molecule has 6 rings (SSSR count). The third-order valence-corrected chi connectivity index (χ3v) is 8.91. The maximum atomic E-state index is 6.45. The Hall–Kier alpha value is -5.06. The van der Waals surface area contributed by atoms with Crippen LogP contribution in [0.15, 0.2) is 166 Å². The first kappa shape index (κ1) is 32.3. The van der Waals surface area contributed by atoms with Crippen LogP contribution in [0, 0.1) is 10.8 Å². The Morgan fingerprint density at radius 1 is 0.630 bits per heavy atom. The van der Waals surface area contributed by atoms with E-state index in [4.69, 9.17) is 11.5 Å². The molecule has 4 aliphatic rings. The van der Waals surface area contributed by atoms with Crippen molar-refractivity contribution in [1.82, 2.24) is 20.6 Å². The summed E-state index contributed by atoms with van der Waals surface area (Å²) in [7, 11) is 0. The highest BCUT2D eigenvalue weighted by Crippen LogP contribution is 2.44. The van der Waals surface area contributed by atoms with Gasteiger partial charge in [-0.1, -0.05) is 71.9 Å². The van der Waals surface area contributed by atoms with Crippen LogP contribution in [0.3, 0.4) is 0 Å². The molecular formula is C36H42N10. The van der Waals surface area contributed by atoms with Gasteiger partial charge in [0.15, 0.2) is 23.0 Å². The number of hydrogen-bond donors (Lipinski definition) is 4. The van der Waals surface area contributed by atoms with Gasteiger partial charge in [0.05, 0.1) is 10.8 Å². The van der Waals surface area contributed by atoms with Crippen LogP contribution in [0.4, 0.5) is 11.6 Å². The van der Waals surface area contributed by atoms with Crippen LogP contribution in [-0.2, 0) is 0 Å². The smallest absolute Gasteiger partial charge is 0.180 e. The minimum absolute atomic E-state index is 0.182. The molecule has 0 saturated heterocycles. The monoisotopic (exact) mass is 614 g/mol. The van der Waals surface area contributed by atoms with E-state index in [-0.39, 0.29) is 12.1 Å². The molecule has 0 spiro atoms. The number of nitrogens with two attached hydrogens (primary N) is 2. The van der Waals surface area contributed by atoms with E-state index in [0.717, 1.165) is 11.1 Å². The van der Waals surface area contributed by atoms with Crippen molar-refractivity contribution in [1.29, 1.82) is 0 Å². The molecule has 2 aliphatic carbocycles. The lowest BCUT2D eigenvalue weighted by molar-refractivity contribution is 0.195. The molecule has 2 aromatic heterocycles. The molecular weight excluding hydrogens is 572 g/mol. The summed E-state index contributed by atoms with van der Waals surface area (Å²) in [5, 5.41) is 24.6. The van der Waals surface area contributed by atoms with E-state index in [1.165, 1.54) is 0 Å². The number of rotatable bonds is 6. The molecule has 10 nitrogen and oxygen atoms in total. The van der Waals surface area contributed by atoms with Gasteiger partial charge >= 0.3 is 0 Å². The van der Waals surface area contributed by atoms with Gasteiger partial charge < -0.3 is 22.1 Å². The van der Waals surface area contributed by atoms with Crippen molar-refractivity contribution >= 4 is 11.6 Å². The van der Waals surface area contributed by atoms with Crippen LogP contribution in [0.5, 0.6) is 0 Å². The predicted octanol–water partition coefficient (Wildman–Crippen LogP) is 6.77. The van der Waals surface area contributed by atoms with E-state index in [1.807, 2.05) is 99.1 Å². The third-order valence-electron chi connectivity index (χ3n) is 8.91. The number of nitrogens with one attached hydrogen (secondary N) is 2. The summed E-state index contributed by atoms with van der Waals surface area (Å²) >= 11 is 0. The highest BCUT2D eigenvalue weighted by Gasteiger charge is 2.51. The van der Waals surface area contributed by atoms with Crippen molar-refractivity contribution in [2.24, 2.45) is 42.8 Å². The van der Waals surface area contributed by atoms with Gasteiger partial charge in [-0.15, -0.1) is 10.2 Å². The number of pyridine rings is 2. The van der Waals surface area contributed by atoms with Gasteiger partial charge in [0.1, 0.15) is 0 Å². The molecule has 2 aliphatic heterocycles. The molecule has 236 valence electrons. The van der Waals surface area contributed by atoms with Crippen LogP contribution >= 0.6 is 0 Å². The Kier molecular flexibility index (Phi) is 9.50. The molecule has 0 bridgehead atoms. The zero-order valence-corrected chi connectivity index (χ0v) is 26.7. The first-order valence-corrected chi connectivity index (χ1v) is 15.3. The van der Waals surface area contributed by atoms with Crippen LogP contribution in [0.25, 0.3) is 0 Å². The summed E-state index contributed by atoms with van der Waals surface area (Å²) in [6.45, 7) is 8.26. The molecule has 2 aromatic rings. The molecule has 0 fully saturated rings. The van der Waals surface area contributed by atoms with E-state index >= 15 is 0 Å². The number of dihydropyridines is 2. The van der Waals surface area contributed by atoms with Gasteiger partial charge in [0, 0.05) is 24.5 Å². The Morgan fingerprint density at radius 3 is 1.39 bits per heavy atom. The molecule has 6 unspecified atom stereocenters. The number of nitrogens with zero attached hydrogens (tertiary/aromatic N) is 6. The summed E-state index contributed by atoms with van der Waals surface area (Å²) < 4.78 is 0. The van der Waals surface area contributed by atoms with Gasteiger partial charge in [-0.05, 0) is 88.7 Å². The zero-order valence-electron chi connectivity index (χ0n) is 26.7. The quantitative estimate of drug-likeness (QED) is 0.264. The fourth-order valence-corrected chi connectivity index (χ4v) is 5.66. The van der Waals surface area contributed by atoms with Crippen LogP contribution in [0.2, 0.25) is 0 Å². The minimum atomic E-state index is -0.758. The average Bonchev–Trinajstić information content (AvgIpc) is 3.08. The molecule has 46 heavy (non-hydrogen) atoms. The fourth-order valence-electron chi connectivity index (χ4n) is 5.66. The molecule has 0 saturated carbocycles. The molecule has 6 atom stereocenters. The second-order valence-corrected chi connectivity index (χ2v) is 12.1. The predicted molar refractivity (Wildman–Crippen MR) is 184 cm³/mol. The topological polar surface area (TPSA) is 151 Å². The minimum Gasteiger partial charge on any atom is -0.362 e. The summed E-state index contributed by atoms with van der Waals surface area (Å²) in [5.41, 5.74) is 12.8. The first-order chi connectivity index (χ1) is 22.1. The molecule has 6 N–H and O–H groups in total. The lowest BCUT2D eigenvalue weighted by Gasteiger charge is -2.46. The van der Waals surface area contributed by atoms with Crippen LogP contribution in [-0.4, -0.2) is 33.4 Å². The van der Waals surface area contributed by atoms with Crippen molar-refractivity contribution in [3.05, 3.63) is 145 Å². The molecule has 0 aromatic carbocycles. The van der Waals surface area contributed by atoms with Crippen LogP contribution < -0.4 is 22.1 Å². The zero-order chi connectivity index (χ0) is 32.7. The summed E-state index contributed by atoms with van der Waals surface area (Å²) in [5.74, 6) is 1.14. The van der Waals surface area contributed by atoms with E-state index in [0.29, 0.717) is 11.6 Å². The Balaban J connectivity index is 0.000000181. The molecule has 10 heteroatoms. The maximum Gasteiger partial charge on any atom is 0.180 e. The Labute approximate surface area is 271 Å². The summed E-state index contributed by atoms with van der Waals surface area (Å²) in [6.07, 6.45) is 31.4. The normalized spacial score (nSPS) is 32.8. The largest absolute Gasteiger partial charge is 0.362 e. The number of allylic oxidation sites excluding steroid dienone is 8. The highest BCUT2D eigenvalue weighted by molar-refractivity contribution is 5.39. The van der Waals surface area contributed by atoms with Crippen molar-refractivity contribution in [2.75, 3.05) is 0 Å². The summed E-state index contributed by atoms with van der Waals surface area (Å²) in [6, 6.07) is 10.8. The van der Waals surface area contributed by atoms with Gasteiger partial charge in [0.2, 0.25) is 0 Å². The van der Waals surface area contributed by atoms with E-state index in [1.54, 1.807) is 12.4 Å². The van der Waals surface area contributed by atoms with E-state index in [9.17, 15) is 0 Å². The summed E-state index contributed by atoms with van der Waals surface area (Å²) in [4.78, 5) is 8.40. The number of aromatic nitrogens is 2. The SMILES string of the molecule is CC1=CC(N)C(C)(C2(N=Nc3ccccn3)C=CC=CN2)C=C1.CC1=CC(N)C(C)(C2(N=Nc3ccccn3)C=CC=CN2)C=C1. The van der Waals surface area contributed by atoms with Gasteiger partial charge in [-0.2, -0.15) is 10.2 Å². The van der Waals surface area contributed by atoms with E-state index in [2.05, 4.69) is 91.4 Å². The average molecular weight is 615 g/mol. The van der Waals surface area contributed by atoms with Crippen molar-refractivity contribution in [2.45, 2.75) is 51.1 Å². The highest BCUT2D eigenvalue weighted by atomic mass is 15.3. The van der Waals surface area contributed by atoms with Crippen molar-refractivity contribution in [3.8, 4) is 0 Å². The van der Waals surface area contributed by atoms with E-state index < -0.39 is 22.2 Å². The standard InChI is InChI=1S/2C18H21N5/c2*1-14-8-10-17(2,15(19)13-14)18(9-4-6-12-21-18)23-22-16-7-3-5-11-20-16/h2*3-13,15,21H,19H2,1-2H3. The van der Waals surface area contributed by atoms with Crippen molar-refractivity contribution < 1.29 is 0 Å². The van der Waals surface area contributed by atoms with Crippen molar-refractivity contribution in [3.63, 3.8) is 0 Å². The maximum absolute atomic E-state index is 6.45. The second kappa shape index (κ2) is 13.5. The van der Waals surface area contributed by atoms with Gasteiger partial charge in [-0.3, -0.25) is 0 Å². The third kappa shape index (κ3) is 6.49. The number of hydrogen-bond acceptors (Lipinski definition) is 10. The molecule has 0 amide bonds. The van der Waals surface area contributed by atoms with Crippen LogP contribution in [0.1, 0.15) is 27.7 Å². The first-order valence-electron chi connectivity index (χ1n) is 15.3. The number of azo groups is 2. The lowest BCUT2D eigenvalue weighted by atomic mass is 9.68. The van der Waals surface area contributed by atoms with Gasteiger partial charge in [-0.25, -0.2) is 9.97 Å². The van der Waals surface area contributed by atoms with Gasteiger partial charge in [0.25, 0.3) is 0 Å². The Bertz CT molecular complexity index is 1560. The second-order valence-electron chi connectivity index (χ2n) is 12.1. The molecule has 4 heterocycles. The Morgan fingerprint density at radius 2 is 1.07 bits per heavy atom.